The average Bonchev–Trinajstić information content (AvgIpc) is 2.62. The van der Waals surface area contributed by atoms with Gasteiger partial charge in [0.25, 0.3) is 0 Å². The lowest BCUT2D eigenvalue weighted by molar-refractivity contribution is 0.0734. The molecule has 0 aliphatic heterocycles. The van der Waals surface area contributed by atoms with E-state index in [9.17, 15) is 9.18 Å². The van der Waals surface area contributed by atoms with Crippen LogP contribution in [0.15, 0.2) is 72.8 Å². The Kier molecular flexibility index (Phi) is 5.26. The van der Waals surface area contributed by atoms with Gasteiger partial charge in [-0.25, -0.2) is 9.18 Å². The molecule has 3 aromatic carbocycles. The predicted octanol–water partition coefficient (Wildman–Crippen LogP) is 5.89. The molecule has 0 aromatic heterocycles. The lowest BCUT2D eigenvalue weighted by Gasteiger charge is -2.21. The van der Waals surface area contributed by atoms with E-state index in [1.54, 1.807) is 48.5 Å². The van der Waals surface area contributed by atoms with Gasteiger partial charge in [-0.3, -0.25) is 0 Å². The van der Waals surface area contributed by atoms with E-state index in [2.05, 4.69) is 0 Å². The zero-order valence-corrected chi connectivity index (χ0v) is 15.5. The van der Waals surface area contributed by atoms with Crippen molar-refractivity contribution >= 4 is 5.97 Å². The standard InChI is InChI=1S/C23H21FO3/c1-23(2,3)27-21-14-8-18(9-15-21)22(25)26-20-12-6-17(7-13-20)16-4-10-19(24)11-5-16/h4-15H,1-3H3. The van der Waals surface area contributed by atoms with Crippen LogP contribution in [-0.2, 0) is 0 Å². The van der Waals surface area contributed by atoms with Crippen LogP contribution in [0, 0.1) is 5.82 Å². The highest BCUT2D eigenvalue weighted by atomic mass is 19.1. The van der Waals surface area contributed by atoms with Crippen LogP contribution in [0.4, 0.5) is 4.39 Å². The summed E-state index contributed by atoms with van der Waals surface area (Å²) in [4.78, 5) is 12.3. The molecule has 0 bridgehead atoms. The molecule has 0 saturated carbocycles. The van der Waals surface area contributed by atoms with E-state index in [-0.39, 0.29) is 11.4 Å². The van der Waals surface area contributed by atoms with Gasteiger partial charge in [0.1, 0.15) is 22.9 Å². The number of halogens is 1. The molecule has 0 spiro atoms. The van der Waals surface area contributed by atoms with Crippen molar-refractivity contribution in [2.75, 3.05) is 0 Å². The van der Waals surface area contributed by atoms with Gasteiger partial charge in [0.2, 0.25) is 0 Å². The Balaban J connectivity index is 1.66. The first-order valence-electron chi connectivity index (χ1n) is 8.67. The number of esters is 1. The van der Waals surface area contributed by atoms with Crippen molar-refractivity contribution < 1.29 is 18.7 Å². The van der Waals surface area contributed by atoms with Crippen LogP contribution in [0.25, 0.3) is 11.1 Å². The number of carbonyl (C=O) groups is 1. The second-order valence-electron chi connectivity index (χ2n) is 7.16. The van der Waals surface area contributed by atoms with Crippen molar-refractivity contribution in [1.29, 1.82) is 0 Å². The van der Waals surface area contributed by atoms with Crippen LogP contribution < -0.4 is 9.47 Å². The third-order valence-corrected chi connectivity index (χ3v) is 3.76. The molecule has 4 heteroatoms. The number of hydrogen-bond donors (Lipinski definition) is 0. The topological polar surface area (TPSA) is 35.5 Å². The lowest BCUT2D eigenvalue weighted by Crippen LogP contribution is -2.22. The van der Waals surface area contributed by atoms with Crippen LogP contribution in [0.3, 0.4) is 0 Å². The molecule has 0 N–H and O–H groups in total. The summed E-state index contributed by atoms with van der Waals surface area (Å²) in [6.07, 6.45) is 0. The third kappa shape index (κ3) is 5.17. The molecule has 0 atom stereocenters. The Morgan fingerprint density at radius 2 is 1.22 bits per heavy atom. The Morgan fingerprint density at radius 1 is 0.741 bits per heavy atom. The normalized spacial score (nSPS) is 11.1. The van der Waals surface area contributed by atoms with Crippen molar-refractivity contribution in [1.82, 2.24) is 0 Å². The maximum atomic E-state index is 13.0. The molecule has 0 aliphatic rings. The van der Waals surface area contributed by atoms with Gasteiger partial charge < -0.3 is 9.47 Å². The first-order valence-corrected chi connectivity index (χ1v) is 8.67. The predicted molar refractivity (Wildman–Crippen MR) is 104 cm³/mol. The fourth-order valence-corrected chi connectivity index (χ4v) is 2.54. The summed E-state index contributed by atoms with van der Waals surface area (Å²) in [6, 6.07) is 20.2. The molecule has 0 amide bonds. The van der Waals surface area contributed by atoms with E-state index in [0.29, 0.717) is 17.1 Å². The molecule has 0 fully saturated rings. The summed E-state index contributed by atoms with van der Waals surface area (Å²) in [5.74, 6) is 0.429. The highest BCUT2D eigenvalue weighted by Crippen LogP contribution is 2.24. The molecular formula is C23H21FO3. The zero-order valence-electron chi connectivity index (χ0n) is 15.5. The highest BCUT2D eigenvalue weighted by molar-refractivity contribution is 5.91. The molecule has 0 aliphatic carbocycles. The Hall–Kier alpha value is -3.14. The Labute approximate surface area is 158 Å². The number of hydrogen-bond acceptors (Lipinski definition) is 3. The number of carbonyl (C=O) groups excluding carboxylic acids is 1. The molecule has 3 rings (SSSR count). The molecule has 3 nitrogen and oxygen atoms in total. The van der Waals surface area contributed by atoms with Gasteiger partial charge in [0.15, 0.2) is 0 Å². The smallest absolute Gasteiger partial charge is 0.343 e. The van der Waals surface area contributed by atoms with Crippen molar-refractivity contribution in [3.8, 4) is 22.6 Å². The van der Waals surface area contributed by atoms with Crippen LogP contribution in [0.2, 0.25) is 0 Å². The summed E-state index contributed by atoms with van der Waals surface area (Å²) in [5.41, 5.74) is 1.95. The van der Waals surface area contributed by atoms with Crippen LogP contribution in [0.1, 0.15) is 31.1 Å². The van der Waals surface area contributed by atoms with Crippen LogP contribution >= 0.6 is 0 Å². The van der Waals surface area contributed by atoms with E-state index in [4.69, 9.17) is 9.47 Å². The van der Waals surface area contributed by atoms with Crippen LogP contribution in [-0.4, -0.2) is 11.6 Å². The van der Waals surface area contributed by atoms with Crippen molar-refractivity contribution in [2.24, 2.45) is 0 Å². The Bertz CT molecular complexity index is 906. The molecule has 0 radical (unpaired) electrons. The van der Waals surface area contributed by atoms with E-state index in [0.717, 1.165) is 11.1 Å². The minimum absolute atomic E-state index is 0.275. The lowest BCUT2D eigenvalue weighted by atomic mass is 10.1. The fraction of sp³-hybridized carbons (Fsp3) is 0.174. The maximum absolute atomic E-state index is 13.0. The van der Waals surface area contributed by atoms with Gasteiger partial charge in [0, 0.05) is 0 Å². The summed E-state index contributed by atoms with van der Waals surface area (Å²) in [6.45, 7) is 5.89. The minimum atomic E-state index is -0.438. The quantitative estimate of drug-likeness (QED) is 0.428. The SMILES string of the molecule is CC(C)(C)Oc1ccc(C(=O)Oc2ccc(-c3ccc(F)cc3)cc2)cc1. The van der Waals surface area contributed by atoms with Gasteiger partial charge in [-0.1, -0.05) is 24.3 Å². The summed E-state index contributed by atoms with van der Waals surface area (Å²) in [7, 11) is 0. The zero-order chi connectivity index (χ0) is 19.4. The first-order chi connectivity index (χ1) is 12.8. The van der Waals surface area contributed by atoms with E-state index in [1.807, 2.05) is 32.9 Å². The molecule has 0 unspecified atom stereocenters. The second-order valence-corrected chi connectivity index (χ2v) is 7.16. The highest BCUT2D eigenvalue weighted by Gasteiger charge is 2.13. The average molecular weight is 364 g/mol. The Morgan fingerprint density at radius 3 is 1.74 bits per heavy atom. The van der Waals surface area contributed by atoms with E-state index < -0.39 is 5.97 Å². The second kappa shape index (κ2) is 7.62. The van der Waals surface area contributed by atoms with Gasteiger partial charge in [-0.2, -0.15) is 0 Å². The molecule has 0 saturated heterocycles. The number of ether oxygens (including phenoxy) is 2. The molecular weight excluding hydrogens is 343 g/mol. The summed E-state index contributed by atoms with van der Waals surface area (Å²) in [5, 5.41) is 0. The molecule has 27 heavy (non-hydrogen) atoms. The van der Waals surface area contributed by atoms with Crippen molar-refractivity contribution in [3.05, 3.63) is 84.2 Å². The molecule has 138 valence electrons. The minimum Gasteiger partial charge on any atom is -0.488 e. The van der Waals surface area contributed by atoms with Crippen molar-refractivity contribution in [2.45, 2.75) is 26.4 Å². The van der Waals surface area contributed by atoms with E-state index in [1.165, 1.54) is 12.1 Å². The van der Waals surface area contributed by atoms with Gasteiger partial charge in [-0.05, 0) is 80.4 Å². The monoisotopic (exact) mass is 364 g/mol. The fourth-order valence-electron chi connectivity index (χ4n) is 2.54. The summed E-state index contributed by atoms with van der Waals surface area (Å²) < 4.78 is 24.2. The number of rotatable bonds is 4. The third-order valence-electron chi connectivity index (χ3n) is 3.76. The van der Waals surface area contributed by atoms with Crippen molar-refractivity contribution in [3.63, 3.8) is 0 Å². The van der Waals surface area contributed by atoms with E-state index >= 15 is 0 Å². The molecule has 0 heterocycles. The van der Waals surface area contributed by atoms with Gasteiger partial charge in [-0.15, -0.1) is 0 Å². The first kappa shape index (κ1) is 18.6. The maximum Gasteiger partial charge on any atom is 0.343 e. The largest absolute Gasteiger partial charge is 0.488 e. The summed E-state index contributed by atoms with van der Waals surface area (Å²) >= 11 is 0. The molecule has 3 aromatic rings. The van der Waals surface area contributed by atoms with Gasteiger partial charge >= 0.3 is 5.97 Å². The number of benzene rings is 3. The van der Waals surface area contributed by atoms with Gasteiger partial charge in [0.05, 0.1) is 5.56 Å². The van der Waals surface area contributed by atoms with Crippen LogP contribution in [0.5, 0.6) is 11.5 Å².